The molecule has 0 rings (SSSR count). The zero-order valence-electron chi connectivity index (χ0n) is 47.7. The Labute approximate surface area is 444 Å². The lowest BCUT2D eigenvalue weighted by Crippen LogP contribution is -2.45. The second-order valence-electron chi connectivity index (χ2n) is 21.5. The van der Waals surface area contributed by atoms with Crippen molar-refractivity contribution in [1.82, 2.24) is 5.32 Å². The van der Waals surface area contributed by atoms with Crippen LogP contribution < -0.4 is 5.32 Å². The molecule has 4 heteroatoms. The van der Waals surface area contributed by atoms with Crippen molar-refractivity contribution in [1.29, 1.82) is 0 Å². The summed E-state index contributed by atoms with van der Waals surface area (Å²) in [6.07, 6.45) is 89.5. The number of allylic oxidation sites excluding steroid dienone is 11. The number of carbonyl (C=O) groups is 1. The number of unbranched alkanes of at least 4 members (excludes halogenated alkanes) is 41. The van der Waals surface area contributed by atoms with Crippen LogP contribution in [0.15, 0.2) is 72.9 Å². The van der Waals surface area contributed by atoms with E-state index >= 15 is 0 Å². The molecule has 0 aromatic heterocycles. The molecule has 1 amide bonds. The highest BCUT2D eigenvalue weighted by Gasteiger charge is 2.18. The number of amides is 1. The van der Waals surface area contributed by atoms with E-state index in [-0.39, 0.29) is 12.5 Å². The van der Waals surface area contributed by atoms with Gasteiger partial charge >= 0.3 is 0 Å². The van der Waals surface area contributed by atoms with E-state index in [0.29, 0.717) is 6.42 Å². The molecule has 0 aliphatic rings. The van der Waals surface area contributed by atoms with Crippen molar-refractivity contribution in [3.05, 3.63) is 72.9 Å². The lowest BCUT2D eigenvalue weighted by Gasteiger charge is -2.20. The van der Waals surface area contributed by atoms with Crippen LogP contribution in [0.1, 0.15) is 328 Å². The van der Waals surface area contributed by atoms with Gasteiger partial charge in [0, 0.05) is 6.42 Å². The fraction of sp³-hybridized carbons (Fsp3) is 0.806. The number of hydrogen-bond donors (Lipinski definition) is 3. The number of aliphatic hydroxyl groups is 2. The average Bonchev–Trinajstić information content (AvgIpc) is 3.37. The van der Waals surface area contributed by atoms with Gasteiger partial charge in [-0.05, 0) is 64.2 Å². The molecule has 0 aromatic rings. The van der Waals surface area contributed by atoms with E-state index in [0.717, 1.165) is 57.8 Å². The maximum Gasteiger partial charge on any atom is 0.220 e. The Morgan fingerprint density at radius 3 is 0.930 bits per heavy atom. The molecule has 0 spiro atoms. The van der Waals surface area contributed by atoms with Crippen LogP contribution in [-0.2, 0) is 4.79 Å². The van der Waals surface area contributed by atoms with Gasteiger partial charge in [-0.15, -0.1) is 0 Å². The summed E-state index contributed by atoms with van der Waals surface area (Å²) < 4.78 is 0. The molecular formula is C67H123NO3. The van der Waals surface area contributed by atoms with Gasteiger partial charge < -0.3 is 15.5 Å². The molecule has 4 nitrogen and oxygen atoms in total. The van der Waals surface area contributed by atoms with E-state index in [1.165, 1.54) is 250 Å². The van der Waals surface area contributed by atoms with Gasteiger partial charge in [-0.2, -0.15) is 0 Å². The molecule has 414 valence electrons. The molecule has 2 unspecified atom stereocenters. The lowest BCUT2D eigenvalue weighted by molar-refractivity contribution is -0.123. The van der Waals surface area contributed by atoms with Gasteiger partial charge in [0.05, 0.1) is 18.8 Å². The Balaban J connectivity index is 3.48. The van der Waals surface area contributed by atoms with E-state index < -0.39 is 12.1 Å². The Morgan fingerprint density at radius 2 is 0.620 bits per heavy atom. The van der Waals surface area contributed by atoms with E-state index in [1.54, 1.807) is 6.08 Å². The normalized spacial score (nSPS) is 13.2. The van der Waals surface area contributed by atoms with Crippen molar-refractivity contribution < 1.29 is 15.0 Å². The summed E-state index contributed by atoms with van der Waals surface area (Å²) in [5.74, 6) is -0.0658. The largest absolute Gasteiger partial charge is 0.394 e. The maximum atomic E-state index is 12.5. The van der Waals surface area contributed by atoms with Crippen LogP contribution in [0.4, 0.5) is 0 Å². The monoisotopic (exact) mass is 990 g/mol. The third-order valence-electron chi connectivity index (χ3n) is 14.4. The van der Waals surface area contributed by atoms with Gasteiger partial charge in [0.25, 0.3) is 0 Å². The molecule has 71 heavy (non-hydrogen) atoms. The first-order chi connectivity index (χ1) is 35.2. The summed E-state index contributed by atoms with van der Waals surface area (Å²) >= 11 is 0. The maximum absolute atomic E-state index is 12.5. The van der Waals surface area contributed by atoms with Crippen molar-refractivity contribution in [2.75, 3.05) is 6.61 Å². The first kappa shape index (κ1) is 68.8. The number of aliphatic hydroxyl groups excluding tert-OH is 2. The molecule has 0 saturated heterocycles. The molecule has 0 aromatic carbocycles. The molecule has 0 saturated carbocycles. The van der Waals surface area contributed by atoms with Crippen LogP contribution in [-0.4, -0.2) is 34.9 Å². The minimum atomic E-state index is -0.846. The first-order valence-corrected chi connectivity index (χ1v) is 31.7. The van der Waals surface area contributed by atoms with Crippen molar-refractivity contribution in [3.63, 3.8) is 0 Å². The van der Waals surface area contributed by atoms with Gasteiger partial charge in [-0.25, -0.2) is 0 Å². The average molecular weight is 991 g/mol. The van der Waals surface area contributed by atoms with Crippen molar-refractivity contribution in [2.45, 2.75) is 341 Å². The van der Waals surface area contributed by atoms with Gasteiger partial charge in [0.1, 0.15) is 0 Å². The SMILES string of the molecule is CC/C=C\C/C=C\C/C=C\C/C=C\C/C=C\CCCCCCCCCCCCCC(=O)NC(CO)C(O)/C=C/CCCCCCCCCCCCCCCCCCCCCCCCCCCCCCCC. The fourth-order valence-electron chi connectivity index (χ4n) is 9.68. The topological polar surface area (TPSA) is 69.6 Å². The Morgan fingerprint density at radius 1 is 0.352 bits per heavy atom. The minimum absolute atomic E-state index is 0.0658. The molecule has 0 bridgehead atoms. The molecule has 0 aliphatic carbocycles. The summed E-state index contributed by atoms with van der Waals surface area (Å²) in [6, 6.07) is -0.629. The Kier molecular flexibility index (Phi) is 60.2. The highest BCUT2D eigenvalue weighted by Crippen LogP contribution is 2.18. The van der Waals surface area contributed by atoms with Crippen LogP contribution in [0.25, 0.3) is 0 Å². The zero-order chi connectivity index (χ0) is 51.3. The van der Waals surface area contributed by atoms with Crippen LogP contribution in [0, 0.1) is 0 Å². The summed E-state index contributed by atoms with van der Waals surface area (Å²) in [4.78, 5) is 12.5. The van der Waals surface area contributed by atoms with E-state index in [4.69, 9.17) is 0 Å². The van der Waals surface area contributed by atoms with Crippen LogP contribution in [0.2, 0.25) is 0 Å². The highest BCUT2D eigenvalue weighted by atomic mass is 16.3. The van der Waals surface area contributed by atoms with Crippen molar-refractivity contribution in [3.8, 4) is 0 Å². The van der Waals surface area contributed by atoms with Crippen LogP contribution in [0.3, 0.4) is 0 Å². The van der Waals surface area contributed by atoms with Gasteiger partial charge in [-0.1, -0.05) is 331 Å². The summed E-state index contributed by atoms with van der Waals surface area (Å²) in [5.41, 5.74) is 0. The zero-order valence-corrected chi connectivity index (χ0v) is 47.7. The van der Waals surface area contributed by atoms with E-state index in [1.807, 2.05) is 6.08 Å². The molecule has 0 fully saturated rings. The highest BCUT2D eigenvalue weighted by molar-refractivity contribution is 5.76. The van der Waals surface area contributed by atoms with E-state index in [2.05, 4.69) is 79.9 Å². The standard InChI is InChI=1S/C67H123NO3/c1-3-5-7-9-11-13-15-17-19-21-23-25-27-29-31-32-33-34-35-37-38-40-42-44-46-48-50-52-54-56-58-60-62-66(70)65(64-69)68-67(71)63-61-59-57-55-53-51-49-47-45-43-41-39-36-30-28-26-24-22-20-18-16-14-12-10-8-6-4-2/h6,8,12,14,18,20,24,26,30,36,60,62,65-66,69-70H,3-5,7,9-11,13,15-17,19,21-23,25,27-29,31-35,37-59,61,63-64H2,1-2H3,(H,68,71)/b8-6-,14-12-,20-18-,26-24-,36-30-,62-60+. The first-order valence-electron chi connectivity index (χ1n) is 31.7. The molecule has 2 atom stereocenters. The summed E-state index contributed by atoms with van der Waals surface area (Å²) in [6.45, 7) is 4.22. The number of nitrogens with one attached hydrogen (secondary N) is 1. The van der Waals surface area contributed by atoms with Crippen LogP contribution >= 0.6 is 0 Å². The predicted octanol–water partition coefficient (Wildman–Crippen LogP) is 21.3. The molecule has 0 heterocycles. The summed E-state index contributed by atoms with van der Waals surface area (Å²) in [7, 11) is 0. The molecular weight excluding hydrogens is 867 g/mol. The molecule has 3 N–H and O–H groups in total. The van der Waals surface area contributed by atoms with Gasteiger partial charge in [0.2, 0.25) is 5.91 Å². The Hall–Kier alpha value is -2.17. The minimum Gasteiger partial charge on any atom is -0.394 e. The smallest absolute Gasteiger partial charge is 0.220 e. The second kappa shape index (κ2) is 62.1. The summed E-state index contributed by atoms with van der Waals surface area (Å²) in [5, 5.41) is 23.3. The quantitative estimate of drug-likeness (QED) is 0.0420. The third kappa shape index (κ3) is 58.6. The second-order valence-corrected chi connectivity index (χ2v) is 21.5. The van der Waals surface area contributed by atoms with Gasteiger partial charge in [0.15, 0.2) is 0 Å². The predicted molar refractivity (Wildman–Crippen MR) is 317 cm³/mol. The van der Waals surface area contributed by atoms with Crippen molar-refractivity contribution in [2.24, 2.45) is 0 Å². The van der Waals surface area contributed by atoms with E-state index in [9.17, 15) is 15.0 Å². The number of hydrogen-bond acceptors (Lipinski definition) is 3. The lowest BCUT2D eigenvalue weighted by atomic mass is 10.0. The Bertz CT molecular complexity index is 1210. The van der Waals surface area contributed by atoms with Crippen molar-refractivity contribution >= 4 is 5.91 Å². The number of rotatable bonds is 58. The van der Waals surface area contributed by atoms with Gasteiger partial charge in [-0.3, -0.25) is 4.79 Å². The third-order valence-corrected chi connectivity index (χ3v) is 14.4. The molecule has 0 aliphatic heterocycles. The molecule has 0 radical (unpaired) electrons. The van der Waals surface area contributed by atoms with Crippen LogP contribution in [0.5, 0.6) is 0 Å². The fourth-order valence-corrected chi connectivity index (χ4v) is 9.68. The number of carbonyl (C=O) groups excluding carboxylic acids is 1.